The Morgan fingerprint density at radius 3 is 3.00 bits per heavy atom. The highest BCUT2D eigenvalue weighted by atomic mass is 79.9. The van der Waals surface area contributed by atoms with Crippen molar-refractivity contribution in [2.45, 2.75) is 13.1 Å². The van der Waals surface area contributed by atoms with Gasteiger partial charge in [0.25, 0.3) is 0 Å². The van der Waals surface area contributed by atoms with Gasteiger partial charge in [-0.05, 0) is 22.0 Å². The second-order valence-corrected chi connectivity index (χ2v) is 4.71. The molecule has 2 aromatic heterocycles. The lowest BCUT2D eigenvalue weighted by molar-refractivity contribution is 0.678. The maximum absolute atomic E-state index is 5.42. The molecule has 0 saturated heterocycles. The fourth-order valence-corrected chi connectivity index (χ4v) is 2.54. The van der Waals surface area contributed by atoms with Gasteiger partial charge >= 0.3 is 0 Å². The average Bonchev–Trinajstić information content (AvgIpc) is 2.76. The zero-order chi connectivity index (χ0) is 9.97. The van der Waals surface area contributed by atoms with Crippen LogP contribution < -0.4 is 5.73 Å². The van der Waals surface area contributed by atoms with E-state index in [1.807, 2.05) is 0 Å². The predicted octanol–water partition coefficient (Wildman–Crippen LogP) is 1.61. The molecular weight excluding hydrogens is 264 g/mol. The molecule has 2 heterocycles. The minimum Gasteiger partial charge on any atom is -0.324 e. The molecule has 6 heteroatoms. The molecule has 74 valence electrons. The van der Waals surface area contributed by atoms with Crippen LogP contribution in [-0.2, 0) is 13.1 Å². The topological polar surface area (TPSA) is 56.7 Å². The van der Waals surface area contributed by atoms with Crippen molar-refractivity contribution in [3.63, 3.8) is 0 Å². The molecule has 0 spiro atoms. The van der Waals surface area contributed by atoms with Crippen LogP contribution in [0.1, 0.15) is 10.7 Å². The average molecular weight is 273 g/mol. The van der Waals surface area contributed by atoms with Gasteiger partial charge in [0.1, 0.15) is 6.33 Å². The molecule has 0 aliphatic rings. The third kappa shape index (κ3) is 2.20. The van der Waals surface area contributed by atoms with E-state index in [4.69, 9.17) is 5.73 Å². The van der Waals surface area contributed by atoms with Crippen molar-refractivity contribution in [1.29, 1.82) is 0 Å². The van der Waals surface area contributed by atoms with Gasteiger partial charge in [-0.1, -0.05) is 0 Å². The fourth-order valence-electron chi connectivity index (χ4n) is 1.10. The fraction of sp³-hybridized carbons (Fsp3) is 0.250. The first kappa shape index (κ1) is 9.82. The molecule has 14 heavy (non-hydrogen) atoms. The maximum atomic E-state index is 5.42. The third-order valence-electron chi connectivity index (χ3n) is 1.71. The molecule has 0 aliphatic heterocycles. The second kappa shape index (κ2) is 4.20. The molecule has 0 atom stereocenters. The lowest BCUT2D eigenvalue weighted by Gasteiger charge is -1.95. The number of hydrogen-bond acceptors (Lipinski definition) is 4. The van der Waals surface area contributed by atoms with Gasteiger partial charge in [-0.3, -0.25) is 0 Å². The van der Waals surface area contributed by atoms with Gasteiger partial charge in [0.15, 0.2) is 5.82 Å². The Labute approximate surface area is 93.9 Å². The summed E-state index contributed by atoms with van der Waals surface area (Å²) in [4.78, 5) is 5.30. The molecule has 0 aliphatic carbocycles. The van der Waals surface area contributed by atoms with E-state index in [0.29, 0.717) is 12.4 Å². The van der Waals surface area contributed by atoms with Crippen molar-refractivity contribution in [1.82, 2.24) is 14.8 Å². The van der Waals surface area contributed by atoms with E-state index in [0.717, 1.165) is 11.0 Å². The number of rotatable bonds is 3. The molecule has 0 radical (unpaired) electrons. The largest absolute Gasteiger partial charge is 0.324 e. The summed E-state index contributed by atoms with van der Waals surface area (Å²) in [6, 6.07) is 2.08. The van der Waals surface area contributed by atoms with Crippen LogP contribution in [-0.4, -0.2) is 14.8 Å². The van der Waals surface area contributed by atoms with Gasteiger partial charge < -0.3 is 5.73 Å². The lowest BCUT2D eigenvalue weighted by Crippen LogP contribution is -2.02. The molecule has 0 unspecified atom stereocenters. The highest BCUT2D eigenvalue weighted by molar-refractivity contribution is 9.10. The van der Waals surface area contributed by atoms with Gasteiger partial charge in [0, 0.05) is 14.7 Å². The highest BCUT2D eigenvalue weighted by Gasteiger charge is 2.01. The Balaban J connectivity index is 2.10. The van der Waals surface area contributed by atoms with Crippen molar-refractivity contribution in [2.24, 2.45) is 5.73 Å². The SMILES string of the molecule is NCc1ncn(Cc2cc(Br)cs2)n1. The summed E-state index contributed by atoms with van der Waals surface area (Å²) in [6.07, 6.45) is 1.70. The van der Waals surface area contributed by atoms with Crippen LogP contribution in [0.15, 0.2) is 22.2 Å². The summed E-state index contributed by atoms with van der Waals surface area (Å²) in [5.41, 5.74) is 5.42. The Morgan fingerprint density at radius 1 is 1.57 bits per heavy atom. The Hall–Kier alpha value is -0.720. The van der Waals surface area contributed by atoms with Gasteiger partial charge in [-0.2, -0.15) is 5.10 Å². The van der Waals surface area contributed by atoms with Crippen LogP contribution in [0.25, 0.3) is 0 Å². The normalized spacial score (nSPS) is 10.7. The summed E-state index contributed by atoms with van der Waals surface area (Å²) in [5.74, 6) is 0.681. The minimum absolute atomic E-state index is 0.390. The molecule has 4 nitrogen and oxygen atoms in total. The van der Waals surface area contributed by atoms with Crippen molar-refractivity contribution in [3.8, 4) is 0 Å². The van der Waals surface area contributed by atoms with E-state index in [-0.39, 0.29) is 0 Å². The van der Waals surface area contributed by atoms with Crippen LogP contribution in [0, 0.1) is 0 Å². The molecule has 0 fully saturated rings. The standard InChI is InChI=1S/C8H9BrN4S/c9-6-1-7(14-4-6)3-13-5-11-8(2-10)12-13/h1,4-5H,2-3,10H2. The van der Waals surface area contributed by atoms with Crippen molar-refractivity contribution in [2.75, 3.05) is 0 Å². The number of hydrogen-bond donors (Lipinski definition) is 1. The number of nitrogens with zero attached hydrogens (tertiary/aromatic N) is 3. The number of thiophene rings is 1. The second-order valence-electron chi connectivity index (χ2n) is 2.79. The van der Waals surface area contributed by atoms with Crippen molar-refractivity contribution >= 4 is 27.3 Å². The number of halogens is 1. The first-order valence-corrected chi connectivity index (χ1v) is 5.76. The molecule has 2 N–H and O–H groups in total. The lowest BCUT2D eigenvalue weighted by atomic mass is 10.5. The highest BCUT2D eigenvalue weighted by Crippen LogP contribution is 2.20. The first-order chi connectivity index (χ1) is 6.78. The number of nitrogens with two attached hydrogens (primary N) is 1. The Bertz CT molecular complexity index is 422. The smallest absolute Gasteiger partial charge is 0.164 e. The Morgan fingerprint density at radius 2 is 2.43 bits per heavy atom. The maximum Gasteiger partial charge on any atom is 0.164 e. The van der Waals surface area contributed by atoms with Crippen LogP contribution >= 0.6 is 27.3 Å². The molecule has 2 aromatic rings. The molecular formula is C8H9BrN4S. The van der Waals surface area contributed by atoms with E-state index in [1.54, 1.807) is 22.3 Å². The summed E-state index contributed by atoms with van der Waals surface area (Å²) in [6.45, 7) is 1.14. The predicted molar refractivity (Wildman–Crippen MR) is 59.0 cm³/mol. The molecule has 0 saturated carbocycles. The van der Waals surface area contributed by atoms with Gasteiger partial charge in [-0.25, -0.2) is 9.67 Å². The molecule has 0 bridgehead atoms. The van der Waals surface area contributed by atoms with Gasteiger partial charge in [0.2, 0.25) is 0 Å². The number of aromatic nitrogens is 3. The van der Waals surface area contributed by atoms with Crippen LogP contribution in [0.4, 0.5) is 0 Å². The van der Waals surface area contributed by atoms with E-state index >= 15 is 0 Å². The van der Waals surface area contributed by atoms with Crippen molar-refractivity contribution < 1.29 is 0 Å². The van der Waals surface area contributed by atoms with E-state index in [1.165, 1.54) is 4.88 Å². The summed E-state index contributed by atoms with van der Waals surface area (Å²) < 4.78 is 2.90. The summed E-state index contributed by atoms with van der Waals surface area (Å²) >= 11 is 5.10. The van der Waals surface area contributed by atoms with E-state index < -0.39 is 0 Å². The zero-order valence-corrected chi connectivity index (χ0v) is 9.75. The summed E-state index contributed by atoms with van der Waals surface area (Å²) in [7, 11) is 0. The van der Waals surface area contributed by atoms with Gasteiger partial charge in [-0.15, -0.1) is 11.3 Å². The third-order valence-corrected chi connectivity index (χ3v) is 3.39. The molecule has 2 rings (SSSR count). The first-order valence-electron chi connectivity index (χ1n) is 4.09. The quantitative estimate of drug-likeness (QED) is 0.924. The molecule has 0 aromatic carbocycles. The minimum atomic E-state index is 0.390. The van der Waals surface area contributed by atoms with Crippen molar-refractivity contribution in [3.05, 3.63) is 32.9 Å². The van der Waals surface area contributed by atoms with Crippen LogP contribution in [0.3, 0.4) is 0 Å². The van der Waals surface area contributed by atoms with E-state index in [9.17, 15) is 0 Å². The zero-order valence-electron chi connectivity index (χ0n) is 7.35. The van der Waals surface area contributed by atoms with Gasteiger partial charge in [0.05, 0.1) is 13.1 Å². The monoisotopic (exact) mass is 272 g/mol. The van der Waals surface area contributed by atoms with Crippen LogP contribution in [0.2, 0.25) is 0 Å². The van der Waals surface area contributed by atoms with Crippen LogP contribution in [0.5, 0.6) is 0 Å². The summed E-state index contributed by atoms with van der Waals surface area (Å²) in [5, 5.41) is 6.26. The van der Waals surface area contributed by atoms with E-state index in [2.05, 4.69) is 37.5 Å². The Kier molecular flexibility index (Phi) is 2.95. The molecule has 0 amide bonds.